The number of carbonyl (C=O) groups is 1. The quantitative estimate of drug-likeness (QED) is 0.939. The molecule has 0 aliphatic carbocycles. The fraction of sp³-hybridized carbons (Fsp3) is 0.429. The first kappa shape index (κ1) is 13.2. The Labute approximate surface area is 122 Å². The Hall–Kier alpha value is -1.75. The van der Waals surface area contributed by atoms with Gasteiger partial charge in [-0.1, -0.05) is 11.6 Å². The van der Waals surface area contributed by atoms with Crippen molar-refractivity contribution in [3.8, 4) is 0 Å². The van der Waals surface area contributed by atoms with Crippen LogP contribution in [0.25, 0.3) is 0 Å². The summed E-state index contributed by atoms with van der Waals surface area (Å²) in [6.45, 7) is 1.60. The van der Waals surface area contributed by atoms with Gasteiger partial charge in [0.2, 0.25) is 0 Å². The van der Waals surface area contributed by atoms with Crippen LogP contribution < -0.4 is 5.32 Å². The highest BCUT2D eigenvalue weighted by atomic mass is 35.5. The van der Waals surface area contributed by atoms with Gasteiger partial charge in [0.1, 0.15) is 11.5 Å². The second-order valence-electron chi connectivity index (χ2n) is 5.27. The van der Waals surface area contributed by atoms with E-state index in [1.165, 1.54) is 0 Å². The number of nitrogens with zero attached hydrogens (tertiary/aromatic N) is 3. The summed E-state index contributed by atoms with van der Waals surface area (Å²) >= 11 is 5.89. The van der Waals surface area contributed by atoms with E-state index in [9.17, 15) is 4.79 Å². The molecule has 0 saturated carbocycles. The number of aryl methyl sites for hydroxylation is 2. The second-order valence-corrected chi connectivity index (χ2v) is 5.70. The van der Waals surface area contributed by atoms with E-state index in [1.807, 2.05) is 19.4 Å². The van der Waals surface area contributed by atoms with Gasteiger partial charge in [0.15, 0.2) is 0 Å². The van der Waals surface area contributed by atoms with Gasteiger partial charge < -0.3 is 14.5 Å². The Bertz CT molecular complexity index is 631. The maximum atomic E-state index is 12.1. The summed E-state index contributed by atoms with van der Waals surface area (Å²) in [7, 11) is 1.82. The van der Waals surface area contributed by atoms with Crippen LogP contribution in [0.5, 0.6) is 0 Å². The van der Waals surface area contributed by atoms with Gasteiger partial charge in [-0.3, -0.25) is 4.79 Å². The summed E-state index contributed by atoms with van der Waals surface area (Å²) in [6.07, 6.45) is 7.60. The van der Waals surface area contributed by atoms with Crippen molar-refractivity contribution in [2.24, 2.45) is 13.0 Å². The van der Waals surface area contributed by atoms with E-state index in [4.69, 9.17) is 11.6 Å². The Morgan fingerprint density at radius 2 is 2.45 bits per heavy atom. The van der Waals surface area contributed by atoms with Crippen molar-refractivity contribution in [3.05, 3.63) is 41.2 Å². The van der Waals surface area contributed by atoms with Crippen LogP contribution in [0, 0.1) is 5.92 Å². The summed E-state index contributed by atoms with van der Waals surface area (Å²) in [5, 5.41) is 3.58. The minimum atomic E-state index is -0.0733. The van der Waals surface area contributed by atoms with E-state index in [2.05, 4.69) is 14.9 Å². The van der Waals surface area contributed by atoms with E-state index in [0.29, 0.717) is 23.2 Å². The van der Waals surface area contributed by atoms with Crippen LogP contribution in [0.15, 0.2) is 24.7 Å². The zero-order valence-corrected chi connectivity index (χ0v) is 12.1. The largest absolute Gasteiger partial charge is 0.350 e. The molecule has 3 rings (SSSR count). The molecule has 20 heavy (non-hydrogen) atoms. The summed E-state index contributed by atoms with van der Waals surface area (Å²) in [5.41, 5.74) is 0.592. The molecule has 0 radical (unpaired) electrons. The number of rotatable bonds is 3. The highest BCUT2D eigenvalue weighted by Gasteiger charge is 2.20. The molecular weight excluding hydrogens is 276 g/mol. The highest BCUT2D eigenvalue weighted by Crippen LogP contribution is 2.18. The topological polar surface area (TPSA) is 51.9 Å². The Morgan fingerprint density at radius 3 is 3.20 bits per heavy atom. The van der Waals surface area contributed by atoms with Gasteiger partial charge in [0.05, 0.1) is 5.02 Å². The van der Waals surface area contributed by atoms with E-state index in [0.717, 1.165) is 25.2 Å². The van der Waals surface area contributed by atoms with Crippen LogP contribution in [0.3, 0.4) is 0 Å². The summed E-state index contributed by atoms with van der Waals surface area (Å²) in [4.78, 5) is 16.4. The molecule has 5 nitrogen and oxygen atoms in total. The van der Waals surface area contributed by atoms with Crippen molar-refractivity contribution in [2.75, 3.05) is 6.54 Å². The van der Waals surface area contributed by atoms with Gasteiger partial charge >= 0.3 is 0 Å². The number of amides is 1. The average molecular weight is 293 g/mol. The fourth-order valence-electron chi connectivity index (χ4n) is 2.68. The van der Waals surface area contributed by atoms with Gasteiger partial charge in [0.25, 0.3) is 5.91 Å². The summed E-state index contributed by atoms with van der Waals surface area (Å²) in [5.74, 6) is 1.52. The molecule has 3 heterocycles. The predicted molar refractivity (Wildman–Crippen MR) is 76.8 cm³/mol. The van der Waals surface area contributed by atoms with E-state index < -0.39 is 0 Å². The first-order valence-corrected chi connectivity index (χ1v) is 7.11. The lowest BCUT2D eigenvalue weighted by Crippen LogP contribution is -2.34. The number of carbonyl (C=O) groups excluding carboxylic acids is 1. The third-order valence-corrected chi connectivity index (χ3v) is 4.00. The summed E-state index contributed by atoms with van der Waals surface area (Å²) in [6, 6.07) is 1.69. The lowest BCUT2D eigenvalue weighted by Gasteiger charge is -2.23. The molecule has 1 N–H and O–H groups in total. The molecular formula is C14H17ClN4O. The second kappa shape index (κ2) is 5.32. The third-order valence-electron chi connectivity index (χ3n) is 3.79. The van der Waals surface area contributed by atoms with Crippen LogP contribution in [-0.4, -0.2) is 26.6 Å². The van der Waals surface area contributed by atoms with E-state index in [-0.39, 0.29) is 5.91 Å². The van der Waals surface area contributed by atoms with Crippen LogP contribution in [0.2, 0.25) is 5.02 Å². The molecule has 6 heteroatoms. The lowest BCUT2D eigenvalue weighted by atomic mass is 9.99. The number of hydrogen-bond acceptors (Lipinski definition) is 2. The van der Waals surface area contributed by atoms with Gasteiger partial charge in [0, 0.05) is 45.1 Å². The Kier molecular flexibility index (Phi) is 3.53. The van der Waals surface area contributed by atoms with Gasteiger partial charge in [-0.05, 0) is 18.4 Å². The standard InChI is InChI=1S/C14H17ClN4O/c1-18-9-11(15)6-12(18)14(20)17-7-10-2-3-13-16-4-5-19(13)8-10/h4-6,9-10H,2-3,7-8H2,1H3,(H,17,20). The molecule has 1 aliphatic rings. The van der Waals surface area contributed by atoms with Crippen molar-refractivity contribution < 1.29 is 4.79 Å². The Balaban J connectivity index is 1.58. The zero-order chi connectivity index (χ0) is 14.1. The first-order valence-electron chi connectivity index (χ1n) is 6.73. The number of nitrogens with one attached hydrogen (secondary N) is 1. The van der Waals surface area contributed by atoms with E-state index >= 15 is 0 Å². The molecule has 1 unspecified atom stereocenters. The smallest absolute Gasteiger partial charge is 0.267 e. The van der Waals surface area contributed by atoms with Crippen LogP contribution in [0.1, 0.15) is 22.7 Å². The molecule has 0 saturated heterocycles. The maximum Gasteiger partial charge on any atom is 0.267 e. The van der Waals surface area contributed by atoms with Gasteiger partial charge in [-0.15, -0.1) is 0 Å². The number of imidazole rings is 1. The Morgan fingerprint density at radius 1 is 1.60 bits per heavy atom. The van der Waals surface area contributed by atoms with Crippen LogP contribution >= 0.6 is 11.6 Å². The third kappa shape index (κ3) is 2.58. The molecule has 2 aromatic heterocycles. The SMILES string of the molecule is Cn1cc(Cl)cc1C(=O)NCC1CCc2nccn2C1. The van der Waals surface area contributed by atoms with Crippen LogP contribution in [-0.2, 0) is 20.0 Å². The predicted octanol–water partition coefficient (Wildman–Crippen LogP) is 1.87. The van der Waals surface area contributed by atoms with Crippen molar-refractivity contribution in [2.45, 2.75) is 19.4 Å². The number of hydrogen-bond donors (Lipinski definition) is 1. The van der Waals surface area contributed by atoms with Crippen molar-refractivity contribution in [3.63, 3.8) is 0 Å². The normalized spacial score (nSPS) is 17.8. The molecule has 0 bridgehead atoms. The maximum absolute atomic E-state index is 12.1. The molecule has 2 aromatic rings. The zero-order valence-electron chi connectivity index (χ0n) is 11.3. The monoisotopic (exact) mass is 292 g/mol. The summed E-state index contributed by atoms with van der Waals surface area (Å²) < 4.78 is 3.91. The number of halogens is 1. The highest BCUT2D eigenvalue weighted by molar-refractivity contribution is 6.31. The van der Waals surface area contributed by atoms with Crippen molar-refractivity contribution in [1.82, 2.24) is 19.4 Å². The molecule has 1 aliphatic heterocycles. The molecule has 1 amide bonds. The van der Waals surface area contributed by atoms with E-state index in [1.54, 1.807) is 16.8 Å². The molecule has 1 atom stereocenters. The minimum Gasteiger partial charge on any atom is -0.350 e. The molecule has 0 fully saturated rings. The van der Waals surface area contributed by atoms with Crippen molar-refractivity contribution >= 4 is 17.5 Å². The minimum absolute atomic E-state index is 0.0733. The first-order chi connectivity index (χ1) is 9.63. The molecule has 0 spiro atoms. The van der Waals surface area contributed by atoms with Gasteiger partial charge in [-0.25, -0.2) is 4.98 Å². The lowest BCUT2D eigenvalue weighted by molar-refractivity contribution is 0.0935. The molecule has 106 valence electrons. The van der Waals surface area contributed by atoms with Crippen molar-refractivity contribution in [1.29, 1.82) is 0 Å². The number of aromatic nitrogens is 3. The number of fused-ring (bicyclic) bond motifs is 1. The van der Waals surface area contributed by atoms with Crippen LogP contribution in [0.4, 0.5) is 0 Å². The average Bonchev–Trinajstić information content (AvgIpc) is 3.01. The van der Waals surface area contributed by atoms with Gasteiger partial charge in [-0.2, -0.15) is 0 Å². The molecule has 0 aromatic carbocycles. The fourth-order valence-corrected chi connectivity index (χ4v) is 2.93.